The van der Waals surface area contributed by atoms with E-state index in [-0.39, 0.29) is 19.3 Å². The summed E-state index contributed by atoms with van der Waals surface area (Å²) in [5, 5.41) is 26.7. The number of β-amino-alcohol motifs (C(OH)–C–C–N with tert-alkyl or cyclic N) is 1. The van der Waals surface area contributed by atoms with Crippen molar-refractivity contribution < 1.29 is 15.3 Å². The van der Waals surface area contributed by atoms with E-state index in [9.17, 15) is 0 Å². The lowest BCUT2D eigenvalue weighted by molar-refractivity contribution is 0.0459. The third-order valence-electron chi connectivity index (χ3n) is 2.37. The predicted octanol–water partition coefficient (Wildman–Crippen LogP) is -1.20. The Hall–Kier alpha value is -0.160. The smallest absolute Gasteiger partial charge is 0.0897 e. The lowest BCUT2D eigenvalue weighted by Crippen LogP contribution is -2.39. The van der Waals surface area contributed by atoms with Gasteiger partial charge in [0.05, 0.1) is 19.3 Å². The molecule has 72 valence electrons. The zero-order chi connectivity index (χ0) is 8.97. The van der Waals surface area contributed by atoms with Crippen LogP contribution in [-0.2, 0) is 0 Å². The van der Waals surface area contributed by atoms with Crippen LogP contribution in [0.25, 0.3) is 0 Å². The summed E-state index contributed by atoms with van der Waals surface area (Å²) in [5.74, 6) is 0. The van der Waals surface area contributed by atoms with Crippen molar-refractivity contribution in [2.45, 2.75) is 25.0 Å². The van der Waals surface area contributed by atoms with Gasteiger partial charge in [0.25, 0.3) is 0 Å². The van der Waals surface area contributed by atoms with E-state index in [2.05, 4.69) is 0 Å². The lowest BCUT2D eigenvalue weighted by Gasteiger charge is -2.24. The molecule has 0 saturated carbocycles. The molecule has 0 radical (unpaired) electrons. The van der Waals surface area contributed by atoms with E-state index in [0.29, 0.717) is 6.54 Å². The first-order chi connectivity index (χ1) is 5.77. The van der Waals surface area contributed by atoms with Crippen molar-refractivity contribution >= 4 is 0 Å². The molecule has 1 rings (SSSR count). The Balaban J connectivity index is 2.30. The van der Waals surface area contributed by atoms with Crippen molar-refractivity contribution in [3.63, 3.8) is 0 Å². The number of rotatable bonds is 4. The molecule has 0 amide bonds. The summed E-state index contributed by atoms with van der Waals surface area (Å²) in [7, 11) is 0. The second kappa shape index (κ2) is 4.77. The molecule has 1 aliphatic heterocycles. The van der Waals surface area contributed by atoms with Gasteiger partial charge in [-0.2, -0.15) is 0 Å². The predicted molar refractivity (Wildman–Crippen MR) is 44.8 cm³/mol. The molecule has 1 fully saturated rings. The molecule has 12 heavy (non-hydrogen) atoms. The summed E-state index contributed by atoms with van der Waals surface area (Å²) in [4.78, 5) is 2.03. The van der Waals surface area contributed by atoms with E-state index in [0.717, 1.165) is 19.4 Å². The van der Waals surface area contributed by atoms with E-state index < -0.39 is 6.10 Å². The Morgan fingerprint density at radius 2 is 2.17 bits per heavy atom. The number of aliphatic hydroxyl groups excluding tert-OH is 3. The van der Waals surface area contributed by atoms with E-state index in [1.807, 2.05) is 4.90 Å². The fourth-order valence-electron chi connectivity index (χ4n) is 1.67. The van der Waals surface area contributed by atoms with Crippen LogP contribution in [0.1, 0.15) is 12.8 Å². The summed E-state index contributed by atoms with van der Waals surface area (Å²) >= 11 is 0. The largest absolute Gasteiger partial charge is 0.395 e. The average molecular weight is 175 g/mol. The van der Waals surface area contributed by atoms with E-state index in [4.69, 9.17) is 15.3 Å². The first kappa shape index (κ1) is 9.92. The minimum atomic E-state index is -0.669. The van der Waals surface area contributed by atoms with Crippen molar-refractivity contribution in [3.8, 4) is 0 Å². The lowest BCUT2D eigenvalue weighted by atomic mass is 10.2. The molecule has 3 N–H and O–H groups in total. The quantitative estimate of drug-likeness (QED) is 0.502. The molecule has 0 bridgehead atoms. The van der Waals surface area contributed by atoms with Gasteiger partial charge in [-0.3, -0.25) is 4.90 Å². The molecule has 0 aliphatic carbocycles. The van der Waals surface area contributed by atoms with Crippen LogP contribution >= 0.6 is 0 Å². The van der Waals surface area contributed by atoms with Crippen molar-refractivity contribution in [2.75, 3.05) is 26.3 Å². The topological polar surface area (TPSA) is 63.9 Å². The monoisotopic (exact) mass is 175 g/mol. The van der Waals surface area contributed by atoms with Gasteiger partial charge < -0.3 is 15.3 Å². The third-order valence-corrected chi connectivity index (χ3v) is 2.37. The van der Waals surface area contributed by atoms with Gasteiger partial charge in [-0.15, -0.1) is 0 Å². The summed E-state index contributed by atoms with van der Waals surface area (Å²) < 4.78 is 0. The second-order valence-corrected chi connectivity index (χ2v) is 3.31. The van der Waals surface area contributed by atoms with E-state index in [1.165, 1.54) is 0 Å². The zero-order valence-corrected chi connectivity index (χ0v) is 7.19. The van der Waals surface area contributed by atoms with Gasteiger partial charge in [-0.05, 0) is 19.4 Å². The summed E-state index contributed by atoms with van der Waals surface area (Å²) in [6.45, 7) is 1.34. The van der Waals surface area contributed by atoms with Gasteiger partial charge in [0.15, 0.2) is 0 Å². The Morgan fingerprint density at radius 3 is 2.75 bits per heavy atom. The van der Waals surface area contributed by atoms with Gasteiger partial charge >= 0.3 is 0 Å². The minimum absolute atomic E-state index is 0.151. The molecule has 1 heterocycles. The highest BCUT2D eigenvalue weighted by Gasteiger charge is 2.24. The van der Waals surface area contributed by atoms with Gasteiger partial charge in [0, 0.05) is 12.6 Å². The summed E-state index contributed by atoms with van der Waals surface area (Å²) in [6.07, 6.45) is 1.40. The first-order valence-electron chi connectivity index (χ1n) is 4.41. The molecule has 1 unspecified atom stereocenters. The van der Waals surface area contributed by atoms with Crippen molar-refractivity contribution in [3.05, 3.63) is 0 Å². The van der Waals surface area contributed by atoms with Crippen molar-refractivity contribution in [1.82, 2.24) is 4.90 Å². The first-order valence-corrected chi connectivity index (χ1v) is 4.41. The Kier molecular flexibility index (Phi) is 3.94. The fourth-order valence-corrected chi connectivity index (χ4v) is 1.67. The number of nitrogens with zero attached hydrogens (tertiary/aromatic N) is 1. The SMILES string of the molecule is OCC(O)CN1CCC[C@@H]1CO. The van der Waals surface area contributed by atoms with Crippen LogP contribution in [0.4, 0.5) is 0 Å². The highest BCUT2D eigenvalue weighted by atomic mass is 16.3. The highest BCUT2D eigenvalue weighted by molar-refractivity contribution is 4.79. The van der Waals surface area contributed by atoms with Crippen molar-refractivity contribution in [1.29, 1.82) is 0 Å². The third kappa shape index (κ3) is 2.42. The second-order valence-electron chi connectivity index (χ2n) is 3.31. The molecular formula is C8H17NO3. The molecule has 2 atom stereocenters. The normalized spacial score (nSPS) is 27.8. The average Bonchev–Trinajstić information content (AvgIpc) is 2.51. The number of hydrogen-bond acceptors (Lipinski definition) is 4. The van der Waals surface area contributed by atoms with Crippen LogP contribution in [0.15, 0.2) is 0 Å². The molecule has 1 aliphatic rings. The maximum absolute atomic E-state index is 9.16. The molecule has 4 nitrogen and oxygen atoms in total. The minimum Gasteiger partial charge on any atom is -0.395 e. The van der Waals surface area contributed by atoms with Gasteiger partial charge in [-0.1, -0.05) is 0 Å². The molecule has 0 aromatic carbocycles. The molecule has 0 aromatic rings. The number of likely N-dealkylation sites (tertiary alicyclic amines) is 1. The molecule has 1 saturated heterocycles. The Labute approximate surface area is 72.4 Å². The van der Waals surface area contributed by atoms with Gasteiger partial charge in [-0.25, -0.2) is 0 Å². The van der Waals surface area contributed by atoms with Crippen LogP contribution in [-0.4, -0.2) is 58.7 Å². The molecule has 4 heteroatoms. The summed E-state index contributed by atoms with van der Waals surface area (Å²) in [5.41, 5.74) is 0. The standard InChI is InChI=1S/C8H17NO3/c10-5-7-2-1-3-9(7)4-8(12)6-11/h7-8,10-12H,1-6H2/t7-,8?/m1/s1. The van der Waals surface area contributed by atoms with Crippen LogP contribution in [0.5, 0.6) is 0 Å². The zero-order valence-electron chi connectivity index (χ0n) is 7.19. The molecule has 0 aromatic heterocycles. The number of aliphatic hydroxyl groups is 3. The Morgan fingerprint density at radius 1 is 1.42 bits per heavy atom. The van der Waals surface area contributed by atoms with Crippen LogP contribution in [0, 0.1) is 0 Å². The van der Waals surface area contributed by atoms with Gasteiger partial charge in [0.2, 0.25) is 0 Å². The van der Waals surface area contributed by atoms with E-state index in [1.54, 1.807) is 0 Å². The number of hydrogen-bond donors (Lipinski definition) is 3. The highest BCUT2D eigenvalue weighted by Crippen LogP contribution is 2.16. The van der Waals surface area contributed by atoms with Crippen LogP contribution < -0.4 is 0 Å². The maximum Gasteiger partial charge on any atom is 0.0897 e. The Bertz CT molecular complexity index is 131. The molecule has 0 spiro atoms. The van der Waals surface area contributed by atoms with E-state index >= 15 is 0 Å². The summed E-state index contributed by atoms with van der Waals surface area (Å²) in [6, 6.07) is 0.186. The van der Waals surface area contributed by atoms with Crippen molar-refractivity contribution in [2.24, 2.45) is 0 Å². The fraction of sp³-hybridized carbons (Fsp3) is 1.00. The maximum atomic E-state index is 9.16. The van der Waals surface area contributed by atoms with Crippen LogP contribution in [0.3, 0.4) is 0 Å². The molecular weight excluding hydrogens is 158 g/mol. The van der Waals surface area contributed by atoms with Crippen LogP contribution in [0.2, 0.25) is 0 Å². The van der Waals surface area contributed by atoms with Gasteiger partial charge in [0.1, 0.15) is 0 Å².